The van der Waals surface area contributed by atoms with Crippen LogP contribution < -0.4 is 0 Å². The van der Waals surface area contributed by atoms with E-state index in [4.69, 9.17) is 4.99 Å². The monoisotopic (exact) mass is 434 g/mol. The highest BCUT2D eigenvalue weighted by Gasteiger charge is 2.33. The number of aliphatic imine (C=N–C) groups is 1. The summed E-state index contributed by atoms with van der Waals surface area (Å²) in [6.45, 7) is 1.42. The van der Waals surface area contributed by atoms with E-state index in [0.29, 0.717) is 11.4 Å². The molecule has 1 aromatic heterocycles. The molecule has 1 aliphatic heterocycles. The van der Waals surface area contributed by atoms with Gasteiger partial charge in [0.2, 0.25) is 0 Å². The smallest absolute Gasteiger partial charge is 0.266 e. The van der Waals surface area contributed by atoms with Gasteiger partial charge in [-0.3, -0.25) is 9.69 Å². The summed E-state index contributed by atoms with van der Waals surface area (Å²) in [5, 5.41) is 0.726. The fourth-order valence-corrected chi connectivity index (χ4v) is 4.52. The minimum atomic E-state index is 0.00857. The van der Waals surface area contributed by atoms with Gasteiger partial charge in [0.15, 0.2) is 5.17 Å². The van der Waals surface area contributed by atoms with Crippen LogP contribution in [0.4, 0.5) is 5.69 Å². The predicted molar refractivity (Wildman–Crippen MR) is 126 cm³/mol. The van der Waals surface area contributed by atoms with Crippen LogP contribution in [0.1, 0.15) is 12.0 Å². The van der Waals surface area contributed by atoms with Crippen LogP contribution in [-0.4, -0.2) is 38.3 Å². The second-order valence-electron chi connectivity index (χ2n) is 6.72. The zero-order valence-corrected chi connectivity index (χ0v) is 18.3. The Bertz CT molecular complexity index is 1040. The van der Waals surface area contributed by atoms with E-state index in [1.54, 1.807) is 29.2 Å². The first-order valence-electron chi connectivity index (χ1n) is 9.68. The Hall–Kier alpha value is -2.77. The molecule has 7 heteroatoms. The Morgan fingerprint density at radius 2 is 1.90 bits per heavy atom. The van der Waals surface area contributed by atoms with E-state index in [9.17, 15) is 4.79 Å². The standard InChI is InChI=1S/C23H22N4OS2/c1-29-20-10-8-18(9-11-20)16-21-22(28)27(14-5-13-26-15-12-24-17-26)23(30-21)25-19-6-3-2-4-7-19/h2-4,6-12,15-17H,5,13-14H2,1H3/b21-16+,25-23?. The maximum Gasteiger partial charge on any atom is 0.266 e. The minimum absolute atomic E-state index is 0.00857. The Balaban J connectivity index is 1.56. The van der Waals surface area contributed by atoms with Crippen molar-refractivity contribution in [2.45, 2.75) is 17.9 Å². The van der Waals surface area contributed by atoms with E-state index >= 15 is 0 Å². The third-order valence-corrected chi connectivity index (χ3v) is 6.39. The van der Waals surface area contributed by atoms with Crippen LogP contribution in [0.15, 0.2) is 88.1 Å². The first-order chi connectivity index (χ1) is 14.7. The molecule has 1 fully saturated rings. The molecule has 0 radical (unpaired) electrons. The van der Waals surface area contributed by atoms with Crippen molar-refractivity contribution in [1.82, 2.24) is 14.5 Å². The molecule has 4 rings (SSSR count). The summed E-state index contributed by atoms with van der Waals surface area (Å²) in [6, 6.07) is 18.0. The number of rotatable bonds is 7. The lowest BCUT2D eigenvalue weighted by Gasteiger charge is -2.15. The number of hydrogen-bond acceptors (Lipinski definition) is 5. The summed E-state index contributed by atoms with van der Waals surface area (Å²) in [5.41, 5.74) is 1.86. The number of para-hydroxylation sites is 1. The second kappa shape index (κ2) is 9.82. The summed E-state index contributed by atoms with van der Waals surface area (Å²) in [5.74, 6) is 0.00857. The Morgan fingerprint density at radius 3 is 2.60 bits per heavy atom. The number of imidazole rings is 1. The van der Waals surface area contributed by atoms with Crippen LogP contribution in [0.2, 0.25) is 0 Å². The van der Waals surface area contributed by atoms with E-state index in [-0.39, 0.29) is 5.91 Å². The average molecular weight is 435 g/mol. The molecule has 5 nitrogen and oxygen atoms in total. The number of carbonyl (C=O) groups excluding carboxylic acids is 1. The first kappa shape index (κ1) is 20.5. The Morgan fingerprint density at radius 1 is 1.10 bits per heavy atom. The van der Waals surface area contributed by atoms with E-state index < -0.39 is 0 Å². The molecule has 0 saturated carbocycles. The van der Waals surface area contributed by atoms with Gasteiger partial charge < -0.3 is 4.57 Å². The average Bonchev–Trinajstić information content (AvgIpc) is 3.39. The largest absolute Gasteiger partial charge is 0.337 e. The van der Waals surface area contributed by atoms with Gasteiger partial charge in [-0.25, -0.2) is 9.98 Å². The SMILES string of the molecule is CSc1ccc(/C=C2/SC(=Nc3ccccc3)N(CCCn3ccnc3)C2=O)cc1. The van der Waals surface area contributed by atoms with E-state index in [1.807, 2.05) is 59.3 Å². The molecule has 0 N–H and O–H groups in total. The third kappa shape index (κ3) is 5.04. The molecule has 0 atom stereocenters. The predicted octanol–water partition coefficient (Wildman–Crippen LogP) is 5.30. The highest BCUT2D eigenvalue weighted by Crippen LogP contribution is 2.34. The van der Waals surface area contributed by atoms with E-state index in [1.165, 1.54) is 16.7 Å². The van der Waals surface area contributed by atoms with Gasteiger partial charge in [0.05, 0.1) is 16.9 Å². The number of benzene rings is 2. The molecule has 0 bridgehead atoms. The molecule has 2 aromatic carbocycles. The lowest BCUT2D eigenvalue weighted by molar-refractivity contribution is -0.122. The Kier molecular flexibility index (Phi) is 6.71. The van der Waals surface area contributed by atoms with Gasteiger partial charge in [0.25, 0.3) is 5.91 Å². The summed E-state index contributed by atoms with van der Waals surface area (Å²) in [6.07, 6.45) is 10.3. The molecule has 152 valence electrons. The van der Waals surface area contributed by atoms with Crippen LogP contribution in [0.3, 0.4) is 0 Å². The molecule has 3 aromatic rings. The molecular weight excluding hydrogens is 412 g/mol. The molecule has 30 heavy (non-hydrogen) atoms. The third-order valence-electron chi connectivity index (χ3n) is 4.64. The summed E-state index contributed by atoms with van der Waals surface area (Å²) < 4.78 is 2.02. The van der Waals surface area contributed by atoms with Crippen molar-refractivity contribution in [3.05, 3.63) is 83.8 Å². The van der Waals surface area contributed by atoms with Crippen molar-refractivity contribution in [3.63, 3.8) is 0 Å². The zero-order valence-electron chi connectivity index (χ0n) is 16.6. The molecule has 0 unspecified atom stereocenters. The molecule has 1 saturated heterocycles. The number of thioether (sulfide) groups is 2. The van der Waals surface area contributed by atoms with E-state index in [2.05, 4.69) is 23.4 Å². The Labute approximate surface area is 184 Å². The van der Waals surface area contributed by atoms with Crippen LogP contribution in [-0.2, 0) is 11.3 Å². The molecule has 1 amide bonds. The van der Waals surface area contributed by atoms with Crippen LogP contribution in [0.25, 0.3) is 6.08 Å². The van der Waals surface area contributed by atoms with Crippen LogP contribution in [0, 0.1) is 0 Å². The fourth-order valence-electron chi connectivity index (χ4n) is 3.08. The fraction of sp³-hybridized carbons (Fsp3) is 0.174. The van der Waals surface area contributed by atoms with Gasteiger partial charge in [-0.15, -0.1) is 11.8 Å². The highest BCUT2D eigenvalue weighted by atomic mass is 32.2. The van der Waals surface area contributed by atoms with Gasteiger partial charge in [-0.2, -0.15) is 0 Å². The zero-order chi connectivity index (χ0) is 20.8. The van der Waals surface area contributed by atoms with Gasteiger partial charge in [0, 0.05) is 30.4 Å². The molecular formula is C23H22N4OS2. The van der Waals surface area contributed by atoms with Crippen molar-refractivity contribution < 1.29 is 4.79 Å². The van der Waals surface area contributed by atoms with Gasteiger partial charge in [-0.1, -0.05) is 30.3 Å². The molecule has 1 aliphatic rings. The lowest BCUT2D eigenvalue weighted by Crippen LogP contribution is -2.30. The summed E-state index contributed by atoms with van der Waals surface area (Å²) in [7, 11) is 0. The number of carbonyl (C=O) groups is 1. The number of aromatic nitrogens is 2. The second-order valence-corrected chi connectivity index (χ2v) is 8.61. The number of aryl methyl sites for hydroxylation is 1. The quantitative estimate of drug-likeness (QED) is 0.374. The summed E-state index contributed by atoms with van der Waals surface area (Å²) in [4.78, 5) is 25.7. The van der Waals surface area contributed by atoms with Crippen LogP contribution >= 0.6 is 23.5 Å². The van der Waals surface area contributed by atoms with Gasteiger partial charge >= 0.3 is 0 Å². The topological polar surface area (TPSA) is 50.5 Å². The maximum absolute atomic E-state index is 13.2. The van der Waals surface area contributed by atoms with Crippen molar-refractivity contribution in [3.8, 4) is 0 Å². The number of amides is 1. The minimum Gasteiger partial charge on any atom is -0.337 e. The van der Waals surface area contributed by atoms with Crippen molar-refractivity contribution in [2.24, 2.45) is 4.99 Å². The number of amidine groups is 1. The maximum atomic E-state index is 13.2. The van der Waals surface area contributed by atoms with Crippen LogP contribution in [0.5, 0.6) is 0 Å². The van der Waals surface area contributed by atoms with Crippen molar-refractivity contribution in [2.75, 3.05) is 12.8 Å². The molecule has 0 spiro atoms. The van der Waals surface area contributed by atoms with E-state index in [0.717, 1.165) is 29.4 Å². The van der Waals surface area contributed by atoms with Crippen molar-refractivity contribution >= 4 is 46.4 Å². The number of nitrogens with zero attached hydrogens (tertiary/aromatic N) is 4. The number of hydrogen-bond donors (Lipinski definition) is 0. The van der Waals surface area contributed by atoms with Gasteiger partial charge in [-0.05, 0) is 60.3 Å². The lowest BCUT2D eigenvalue weighted by atomic mass is 10.2. The van der Waals surface area contributed by atoms with Crippen molar-refractivity contribution in [1.29, 1.82) is 0 Å². The summed E-state index contributed by atoms with van der Waals surface area (Å²) >= 11 is 3.14. The highest BCUT2D eigenvalue weighted by molar-refractivity contribution is 8.18. The normalized spacial score (nSPS) is 16.7. The molecule has 0 aliphatic carbocycles. The van der Waals surface area contributed by atoms with Gasteiger partial charge in [0.1, 0.15) is 0 Å². The molecule has 2 heterocycles. The first-order valence-corrected chi connectivity index (χ1v) is 11.7.